The summed E-state index contributed by atoms with van der Waals surface area (Å²) >= 11 is 3.26. The van der Waals surface area contributed by atoms with E-state index >= 15 is 0 Å². The molecule has 0 aliphatic carbocycles. The van der Waals surface area contributed by atoms with Crippen LogP contribution in [-0.2, 0) is 0 Å². The quantitative estimate of drug-likeness (QED) is 0.420. The number of nitrogens with zero attached hydrogens (tertiary/aromatic N) is 3. The lowest BCUT2D eigenvalue weighted by Crippen LogP contribution is -2.15. The second-order valence-corrected chi connectivity index (χ2v) is 7.42. The van der Waals surface area contributed by atoms with Gasteiger partial charge in [0.1, 0.15) is 5.52 Å². The minimum absolute atomic E-state index is 0.0874. The molecule has 30 heavy (non-hydrogen) atoms. The first-order valence-corrected chi connectivity index (χ1v) is 9.56. The number of halogens is 1. The number of primary amides is 1. The van der Waals surface area contributed by atoms with Crippen molar-refractivity contribution in [3.63, 3.8) is 0 Å². The molecule has 0 radical (unpaired) electrons. The summed E-state index contributed by atoms with van der Waals surface area (Å²) in [5, 5.41) is 10.1. The number of aromatic amines is 1. The molecule has 2 heterocycles. The van der Waals surface area contributed by atoms with Crippen LogP contribution in [-0.4, -0.2) is 37.6 Å². The van der Waals surface area contributed by atoms with Gasteiger partial charge in [0, 0.05) is 5.56 Å². The first kappa shape index (κ1) is 19.6. The molecule has 2 aromatic heterocycles. The highest BCUT2D eigenvalue weighted by Gasteiger charge is 2.21. The number of aromatic hydroxyl groups is 1. The third kappa shape index (κ3) is 3.20. The van der Waals surface area contributed by atoms with Crippen LogP contribution in [0.4, 0.5) is 0 Å². The van der Waals surface area contributed by atoms with E-state index in [1.165, 1.54) is 17.7 Å². The van der Waals surface area contributed by atoms with Crippen LogP contribution in [0.2, 0.25) is 0 Å². The van der Waals surface area contributed by atoms with Crippen molar-refractivity contribution in [3.8, 4) is 28.6 Å². The maximum Gasteiger partial charge on any atom is 0.332 e. The Labute approximate surface area is 178 Å². The zero-order chi connectivity index (χ0) is 21.6. The Kier molecular flexibility index (Phi) is 4.78. The van der Waals surface area contributed by atoms with Gasteiger partial charge in [-0.1, -0.05) is 17.7 Å². The van der Waals surface area contributed by atoms with Crippen molar-refractivity contribution < 1.29 is 14.6 Å². The van der Waals surface area contributed by atoms with E-state index in [9.17, 15) is 14.7 Å². The molecular weight excluding hydrogens is 454 g/mol. The second kappa shape index (κ2) is 7.30. The molecule has 0 aliphatic heterocycles. The number of nitrogens with two attached hydrogens (primary N) is 1. The zero-order valence-corrected chi connectivity index (χ0v) is 17.5. The van der Waals surface area contributed by atoms with E-state index in [0.717, 1.165) is 5.56 Å². The summed E-state index contributed by atoms with van der Waals surface area (Å²) in [6, 6.07) is 10.4. The zero-order valence-electron chi connectivity index (χ0n) is 15.9. The molecule has 0 saturated heterocycles. The van der Waals surface area contributed by atoms with Gasteiger partial charge in [-0.3, -0.25) is 4.79 Å². The van der Waals surface area contributed by atoms with E-state index in [2.05, 4.69) is 30.9 Å². The Morgan fingerprint density at radius 3 is 2.57 bits per heavy atom. The highest BCUT2D eigenvalue weighted by Crippen LogP contribution is 2.38. The molecule has 10 heteroatoms. The number of phenolic OH excluding ortho intramolecular Hbond substituents is 1. The van der Waals surface area contributed by atoms with Crippen LogP contribution in [0.25, 0.3) is 28.2 Å². The normalized spacial score (nSPS) is 11.0. The average Bonchev–Trinajstić information content (AvgIpc) is 3.05. The van der Waals surface area contributed by atoms with Crippen molar-refractivity contribution in [3.05, 3.63) is 62.6 Å². The highest BCUT2D eigenvalue weighted by atomic mass is 79.9. The van der Waals surface area contributed by atoms with Crippen LogP contribution < -0.4 is 16.2 Å². The largest absolute Gasteiger partial charge is 0.503 e. The summed E-state index contributed by atoms with van der Waals surface area (Å²) in [6.45, 7) is 1.93. The van der Waals surface area contributed by atoms with E-state index in [-0.39, 0.29) is 34.2 Å². The first-order valence-electron chi connectivity index (χ1n) is 8.76. The van der Waals surface area contributed by atoms with Gasteiger partial charge in [0.05, 0.1) is 17.3 Å². The van der Waals surface area contributed by atoms with Gasteiger partial charge in [0.2, 0.25) is 0 Å². The maximum atomic E-state index is 12.7. The number of ether oxygens (including phenoxy) is 1. The molecule has 2 aromatic carbocycles. The number of hydrogen-bond acceptors (Lipinski definition) is 6. The van der Waals surface area contributed by atoms with E-state index in [1.807, 2.05) is 19.1 Å². The standard InChI is InChI=1S/C20H16BrN5O4/c1-9-3-5-11(6-4-9)26-19-15(24-20(26)29)14(17(22)28)23-18(25-19)10-7-12(21)16(27)13(8-10)30-2/h3-8,27H,1-2H3,(H2,22,28)(H,24,29). The lowest BCUT2D eigenvalue weighted by molar-refractivity contribution is 0.0997. The van der Waals surface area contributed by atoms with Crippen LogP contribution in [0.15, 0.2) is 45.7 Å². The number of aromatic nitrogens is 4. The first-order chi connectivity index (χ1) is 14.3. The summed E-state index contributed by atoms with van der Waals surface area (Å²) in [5.74, 6) is -0.578. The van der Waals surface area contributed by atoms with Crippen molar-refractivity contribution in [2.24, 2.45) is 5.73 Å². The van der Waals surface area contributed by atoms with E-state index in [0.29, 0.717) is 15.7 Å². The van der Waals surface area contributed by atoms with Gasteiger partial charge in [-0.15, -0.1) is 0 Å². The monoisotopic (exact) mass is 469 g/mol. The minimum Gasteiger partial charge on any atom is -0.503 e. The van der Waals surface area contributed by atoms with Gasteiger partial charge in [-0.2, -0.15) is 0 Å². The van der Waals surface area contributed by atoms with Crippen molar-refractivity contribution in [1.82, 2.24) is 19.5 Å². The smallest absolute Gasteiger partial charge is 0.332 e. The Morgan fingerprint density at radius 1 is 1.23 bits per heavy atom. The van der Waals surface area contributed by atoms with Gasteiger partial charge in [0.25, 0.3) is 5.91 Å². The lowest BCUT2D eigenvalue weighted by atomic mass is 10.1. The number of amides is 1. The fraction of sp³-hybridized carbons (Fsp3) is 0.100. The molecule has 0 aliphatic rings. The number of phenols is 1. The number of hydrogen-bond donors (Lipinski definition) is 3. The number of fused-ring (bicyclic) bond motifs is 1. The second-order valence-electron chi connectivity index (χ2n) is 6.57. The Balaban J connectivity index is 2.05. The Hall–Kier alpha value is -3.66. The topological polar surface area (TPSA) is 136 Å². The maximum absolute atomic E-state index is 12.7. The summed E-state index contributed by atoms with van der Waals surface area (Å²) in [5.41, 5.74) is 7.31. The molecule has 4 aromatic rings. The summed E-state index contributed by atoms with van der Waals surface area (Å²) < 4.78 is 6.87. The molecule has 0 bridgehead atoms. The molecule has 0 spiro atoms. The SMILES string of the molecule is COc1cc(-c2nc(C(N)=O)c3[nH]c(=O)n(-c4ccc(C)cc4)c3n2)cc(Br)c1O. The number of methoxy groups -OCH3 is 1. The van der Waals surface area contributed by atoms with Gasteiger partial charge >= 0.3 is 5.69 Å². The number of benzene rings is 2. The average molecular weight is 470 g/mol. The molecule has 0 saturated carbocycles. The predicted octanol–water partition coefficient (Wildman–Crippen LogP) is 2.66. The van der Waals surface area contributed by atoms with Gasteiger partial charge < -0.3 is 20.6 Å². The summed E-state index contributed by atoms with van der Waals surface area (Å²) in [7, 11) is 1.41. The lowest BCUT2D eigenvalue weighted by Gasteiger charge is -2.10. The third-order valence-electron chi connectivity index (χ3n) is 4.57. The third-order valence-corrected chi connectivity index (χ3v) is 5.17. The van der Waals surface area contributed by atoms with Crippen molar-refractivity contribution in [2.75, 3.05) is 7.11 Å². The van der Waals surface area contributed by atoms with Crippen LogP contribution in [0.5, 0.6) is 11.5 Å². The molecule has 0 fully saturated rings. The fourth-order valence-electron chi connectivity index (χ4n) is 3.08. The van der Waals surface area contributed by atoms with Gasteiger partial charge in [0.15, 0.2) is 28.7 Å². The van der Waals surface area contributed by atoms with Crippen molar-refractivity contribution in [1.29, 1.82) is 0 Å². The minimum atomic E-state index is -0.814. The van der Waals surface area contributed by atoms with E-state index in [4.69, 9.17) is 10.5 Å². The number of nitrogens with one attached hydrogen (secondary N) is 1. The van der Waals surface area contributed by atoms with Crippen LogP contribution in [0.1, 0.15) is 16.1 Å². The van der Waals surface area contributed by atoms with Crippen LogP contribution in [0, 0.1) is 6.92 Å². The number of imidazole rings is 1. The Morgan fingerprint density at radius 2 is 1.93 bits per heavy atom. The molecule has 4 N–H and O–H groups in total. The Bertz CT molecular complexity index is 1360. The van der Waals surface area contributed by atoms with Crippen molar-refractivity contribution >= 4 is 33.0 Å². The van der Waals surface area contributed by atoms with Crippen LogP contribution >= 0.6 is 15.9 Å². The molecule has 1 amide bonds. The molecule has 4 rings (SSSR count). The predicted molar refractivity (Wildman–Crippen MR) is 114 cm³/mol. The van der Waals surface area contributed by atoms with E-state index in [1.54, 1.807) is 18.2 Å². The number of carbonyl (C=O) groups is 1. The fourth-order valence-corrected chi connectivity index (χ4v) is 3.53. The number of H-pyrrole nitrogens is 1. The molecule has 0 atom stereocenters. The molecule has 9 nitrogen and oxygen atoms in total. The summed E-state index contributed by atoms with van der Waals surface area (Å²) in [6.07, 6.45) is 0. The number of rotatable bonds is 4. The van der Waals surface area contributed by atoms with E-state index < -0.39 is 11.6 Å². The van der Waals surface area contributed by atoms with Gasteiger partial charge in [-0.25, -0.2) is 19.3 Å². The molecule has 152 valence electrons. The molecular formula is C20H16BrN5O4. The van der Waals surface area contributed by atoms with Crippen LogP contribution in [0.3, 0.4) is 0 Å². The number of carbonyl (C=O) groups excluding carboxylic acids is 1. The molecule has 0 unspecified atom stereocenters. The van der Waals surface area contributed by atoms with Gasteiger partial charge in [-0.05, 0) is 47.1 Å². The van der Waals surface area contributed by atoms with Crippen molar-refractivity contribution in [2.45, 2.75) is 6.92 Å². The highest BCUT2D eigenvalue weighted by molar-refractivity contribution is 9.10. The summed E-state index contributed by atoms with van der Waals surface area (Å²) in [4.78, 5) is 36.1. The number of aryl methyl sites for hydroxylation is 1.